The SMILES string of the molecule is CC(C)CCNc1cccc(C(=O)N(C)C)c1. The fourth-order valence-electron chi connectivity index (χ4n) is 1.53. The first kappa shape index (κ1) is 13.6. The molecule has 3 nitrogen and oxygen atoms in total. The van der Waals surface area contributed by atoms with Gasteiger partial charge in [0.2, 0.25) is 0 Å². The van der Waals surface area contributed by atoms with Crippen molar-refractivity contribution >= 4 is 11.6 Å². The second kappa shape index (κ2) is 6.28. The molecule has 0 heterocycles. The van der Waals surface area contributed by atoms with E-state index in [2.05, 4.69) is 19.2 Å². The van der Waals surface area contributed by atoms with Gasteiger partial charge in [0.25, 0.3) is 5.91 Å². The average Bonchev–Trinajstić information content (AvgIpc) is 2.28. The topological polar surface area (TPSA) is 32.3 Å². The molecule has 0 aliphatic heterocycles. The van der Waals surface area contributed by atoms with Gasteiger partial charge in [-0.25, -0.2) is 0 Å². The Balaban J connectivity index is 2.63. The van der Waals surface area contributed by atoms with Crippen molar-refractivity contribution in [1.82, 2.24) is 4.90 Å². The number of nitrogens with zero attached hydrogens (tertiary/aromatic N) is 1. The van der Waals surface area contributed by atoms with Crippen LogP contribution in [0.3, 0.4) is 0 Å². The monoisotopic (exact) mass is 234 g/mol. The summed E-state index contributed by atoms with van der Waals surface area (Å²) in [5, 5.41) is 3.34. The molecule has 94 valence electrons. The maximum atomic E-state index is 11.8. The van der Waals surface area contributed by atoms with Crippen molar-refractivity contribution in [1.29, 1.82) is 0 Å². The van der Waals surface area contributed by atoms with Crippen LogP contribution in [0.15, 0.2) is 24.3 Å². The molecule has 0 saturated heterocycles. The zero-order chi connectivity index (χ0) is 12.8. The third kappa shape index (κ3) is 4.47. The largest absolute Gasteiger partial charge is 0.385 e. The molecular weight excluding hydrogens is 212 g/mol. The van der Waals surface area contributed by atoms with E-state index in [1.807, 2.05) is 24.3 Å². The predicted molar refractivity (Wildman–Crippen MR) is 72.4 cm³/mol. The van der Waals surface area contributed by atoms with Crippen LogP contribution in [0, 0.1) is 5.92 Å². The zero-order valence-corrected chi connectivity index (χ0v) is 11.2. The fraction of sp³-hybridized carbons (Fsp3) is 0.500. The number of carbonyl (C=O) groups excluding carboxylic acids is 1. The van der Waals surface area contributed by atoms with Crippen molar-refractivity contribution in [2.45, 2.75) is 20.3 Å². The van der Waals surface area contributed by atoms with E-state index in [0.717, 1.165) is 24.2 Å². The Morgan fingerprint density at radius 1 is 1.35 bits per heavy atom. The number of anilines is 1. The van der Waals surface area contributed by atoms with Gasteiger partial charge in [-0.3, -0.25) is 4.79 Å². The smallest absolute Gasteiger partial charge is 0.253 e. The number of hydrogen-bond donors (Lipinski definition) is 1. The molecule has 17 heavy (non-hydrogen) atoms. The second-order valence-electron chi connectivity index (χ2n) is 4.89. The third-order valence-corrected chi connectivity index (χ3v) is 2.57. The highest BCUT2D eigenvalue weighted by Gasteiger charge is 2.07. The lowest BCUT2D eigenvalue weighted by Gasteiger charge is -2.12. The first-order valence-electron chi connectivity index (χ1n) is 6.06. The molecule has 1 aromatic rings. The Labute approximate surface area is 104 Å². The number of amides is 1. The van der Waals surface area contributed by atoms with Gasteiger partial charge < -0.3 is 10.2 Å². The normalized spacial score (nSPS) is 10.4. The summed E-state index contributed by atoms with van der Waals surface area (Å²) in [5.41, 5.74) is 1.74. The molecule has 1 rings (SSSR count). The van der Waals surface area contributed by atoms with Crippen LogP contribution in [0.4, 0.5) is 5.69 Å². The molecule has 1 aromatic carbocycles. The van der Waals surface area contributed by atoms with Crippen LogP contribution in [0.2, 0.25) is 0 Å². The lowest BCUT2D eigenvalue weighted by molar-refractivity contribution is 0.0827. The van der Waals surface area contributed by atoms with Crippen LogP contribution in [-0.2, 0) is 0 Å². The molecule has 0 aliphatic rings. The van der Waals surface area contributed by atoms with E-state index in [1.165, 1.54) is 0 Å². The summed E-state index contributed by atoms with van der Waals surface area (Å²) in [6.07, 6.45) is 1.13. The average molecular weight is 234 g/mol. The minimum absolute atomic E-state index is 0.0394. The lowest BCUT2D eigenvalue weighted by atomic mass is 10.1. The van der Waals surface area contributed by atoms with Gasteiger partial charge in [-0.15, -0.1) is 0 Å². The van der Waals surface area contributed by atoms with E-state index in [4.69, 9.17) is 0 Å². The quantitative estimate of drug-likeness (QED) is 0.849. The molecule has 0 saturated carbocycles. The molecule has 0 bridgehead atoms. The van der Waals surface area contributed by atoms with Crippen molar-refractivity contribution < 1.29 is 4.79 Å². The second-order valence-corrected chi connectivity index (χ2v) is 4.89. The highest BCUT2D eigenvalue weighted by molar-refractivity contribution is 5.94. The molecule has 0 radical (unpaired) electrons. The van der Waals surface area contributed by atoms with Crippen molar-refractivity contribution in [2.24, 2.45) is 5.92 Å². The van der Waals surface area contributed by atoms with Gasteiger partial charge in [0.15, 0.2) is 0 Å². The van der Waals surface area contributed by atoms with Crippen LogP contribution in [0.5, 0.6) is 0 Å². The summed E-state index contributed by atoms with van der Waals surface area (Å²) in [6, 6.07) is 7.65. The summed E-state index contributed by atoms with van der Waals surface area (Å²) in [5.74, 6) is 0.728. The van der Waals surface area contributed by atoms with E-state index in [9.17, 15) is 4.79 Å². The number of nitrogens with one attached hydrogen (secondary N) is 1. The molecule has 1 N–H and O–H groups in total. The molecule has 0 aromatic heterocycles. The van der Waals surface area contributed by atoms with Gasteiger partial charge in [-0.2, -0.15) is 0 Å². The Bertz CT molecular complexity index is 372. The molecule has 0 aliphatic carbocycles. The Morgan fingerprint density at radius 3 is 2.65 bits per heavy atom. The summed E-state index contributed by atoms with van der Waals surface area (Å²) in [6.45, 7) is 5.35. The van der Waals surface area contributed by atoms with Gasteiger partial charge in [-0.1, -0.05) is 19.9 Å². The molecule has 0 atom stereocenters. The van der Waals surface area contributed by atoms with Crippen LogP contribution in [0.25, 0.3) is 0 Å². The molecule has 3 heteroatoms. The van der Waals surface area contributed by atoms with Crippen molar-refractivity contribution in [3.8, 4) is 0 Å². The Hall–Kier alpha value is -1.51. The molecule has 1 amide bonds. The number of carbonyl (C=O) groups is 1. The van der Waals surface area contributed by atoms with E-state index in [0.29, 0.717) is 5.92 Å². The minimum atomic E-state index is 0.0394. The maximum absolute atomic E-state index is 11.8. The Morgan fingerprint density at radius 2 is 2.06 bits per heavy atom. The highest BCUT2D eigenvalue weighted by atomic mass is 16.2. The van der Waals surface area contributed by atoms with Crippen molar-refractivity contribution in [3.63, 3.8) is 0 Å². The minimum Gasteiger partial charge on any atom is -0.385 e. The lowest BCUT2D eigenvalue weighted by Crippen LogP contribution is -2.21. The van der Waals surface area contributed by atoms with E-state index < -0.39 is 0 Å². The van der Waals surface area contributed by atoms with Crippen molar-refractivity contribution in [2.75, 3.05) is 26.0 Å². The first-order chi connectivity index (χ1) is 8.00. The van der Waals surface area contributed by atoms with E-state index >= 15 is 0 Å². The summed E-state index contributed by atoms with van der Waals surface area (Å²) < 4.78 is 0. The number of rotatable bonds is 5. The van der Waals surface area contributed by atoms with Gasteiger partial charge >= 0.3 is 0 Å². The Kier molecular flexibility index (Phi) is 5.01. The zero-order valence-electron chi connectivity index (χ0n) is 11.2. The van der Waals surface area contributed by atoms with E-state index in [1.54, 1.807) is 19.0 Å². The van der Waals surface area contributed by atoms with Gasteiger partial charge in [0.05, 0.1) is 0 Å². The molecule has 0 unspecified atom stereocenters. The molecule has 0 spiro atoms. The molecular formula is C14H22N2O. The van der Waals surface area contributed by atoms with Gasteiger partial charge in [0.1, 0.15) is 0 Å². The summed E-state index contributed by atoms with van der Waals surface area (Å²) >= 11 is 0. The predicted octanol–water partition coefficient (Wildman–Crippen LogP) is 2.85. The van der Waals surface area contributed by atoms with Crippen LogP contribution < -0.4 is 5.32 Å². The van der Waals surface area contributed by atoms with E-state index in [-0.39, 0.29) is 5.91 Å². The molecule has 0 fully saturated rings. The number of benzene rings is 1. The summed E-state index contributed by atoms with van der Waals surface area (Å²) in [7, 11) is 3.53. The standard InChI is InChI=1S/C14H22N2O/c1-11(2)8-9-15-13-7-5-6-12(10-13)14(17)16(3)4/h5-7,10-11,15H,8-9H2,1-4H3. The first-order valence-corrected chi connectivity index (χ1v) is 6.06. The van der Waals surface area contributed by atoms with Crippen LogP contribution >= 0.6 is 0 Å². The summed E-state index contributed by atoms with van der Waals surface area (Å²) in [4.78, 5) is 13.4. The van der Waals surface area contributed by atoms with Gasteiger partial charge in [-0.05, 0) is 30.5 Å². The van der Waals surface area contributed by atoms with Crippen LogP contribution in [-0.4, -0.2) is 31.4 Å². The van der Waals surface area contributed by atoms with Crippen LogP contribution in [0.1, 0.15) is 30.6 Å². The third-order valence-electron chi connectivity index (χ3n) is 2.57. The maximum Gasteiger partial charge on any atom is 0.253 e. The van der Waals surface area contributed by atoms with Crippen molar-refractivity contribution in [3.05, 3.63) is 29.8 Å². The fourth-order valence-corrected chi connectivity index (χ4v) is 1.53. The highest BCUT2D eigenvalue weighted by Crippen LogP contribution is 2.12. The number of hydrogen-bond acceptors (Lipinski definition) is 2. The van der Waals surface area contributed by atoms with Gasteiger partial charge in [0, 0.05) is 31.9 Å².